The van der Waals surface area contributed by atoms with Crippen molar-refractivity contribution in [2.24, 2.45) is 0 Å². The molecule has 3 nitrogen and oxygen atoms in total. The van der Waals surface area contributed by atoms with E-state index in [0.717, 1.165) is 23.6 Å². The number of rotatable bonds is 6. The molecule has 1 aromatic heterocycles. The van der Waals surface area contributed by atoms with Crippen LogP contribution in [0.2, 0.25) is 0 Å². The largest absolute Gasteiger partial charge is 0.389 e. The first-order valence-electron chi connectivity index (χ1n) is 5.95. The maximum atomic E-state index is 9.58. The molecule has 0 saturated carbocycles. The maximum Gasteiger partial charge on any atom is 0.128 e. The van der Waals surface area contributed by atoms with Gasteiger partial charge in [-0.3, -0.25) is 0 Å². The molecule has 0 fully saturated rings. The number of aromatic nitrogens is 1. The summed E-state index contributed by atoms with van der Waals surface area (Å²) < 4.78 is 0. The van der Waals surface area contributed by atoms with Crippen molar-refractivity contribution in [3.05, 3.63) is 23.9 Å². The van der Waals surface area contributed by atoms with Crippen LogP contribution in [-0.4, -0.2) is 35.2 Å². The van der Waals surface area contributed by atoms with Gasteiger partial charge in [0, 0.05) is 25.0 Å². The standard InChI is InChI=1S/C13H22N2OS/c1-5-12(9-17-4)15(3)13-8-11(10(2)16)6-7-14-13/h6-8,10,12,16H,5,9H2,1-4H3. The summed E-state index contributed by atoms with van der Waals surface area (Å²) in [5, 5.41) is 9.58. The summed E-state index contributed by atoms with van der Waals surface area (Å²) in [5.74, 6) is 2.03. The molecular weight excluding hydrogens is 232 g/mol. The Labute approximate surface area is 108 Å². The van der Waals surface area contributed by atoms with Crippen LogP contribution in [0.5, 0.6) is 0 Å². The van der Waals surface area contributed by atoms with E-state index in [-0.39, 0.29) is 0 Å². The number of anilines is 1. The molecule has 0 bridgehead atoms. The molecule has 0 aliphatic carbocycles. The monoisotopic (exact) mass is 254 g/mol. The number of hydrogen-bond acceptors (Lipinski definition) is 4. The summed E-state index contributed by atoms with van der Waals surface area (Å²) in [6.07, 6.45) is 4.54. The van der Waals surface area contributed by atoms with Crippen LogP contribution in [0.3, 0.4) is 0 Å². The van der Waals surface area contributed by atoms with Crippen LogP contribution in [-0.2, 0) is 0 Å². The number of hydrogen-bond donors (Lipinski definition) is 1. The highest BCUT2D eigenvalue weighted by Gasteiger charge is 2.14. The van der Waals surface area contributed by atoms with Gasteiger partial charge in [-0.2, -0.15) is 11.8 Å². The molecule has 1 aromatic rings. The summed E-state index contributed by atoms with van der Waals surface area (Å²) in [7, 11) is 2.07. The molecule has 0 radical (unpaired) electrons. The smallest absolute Gasteiger partial charge is 0.128 e. The molecule has 0 aliphatic heterocycles. The molecule has 0 saturated heterocycles. The van der Waals surface area contributed by atoms with Gasteiger partial charge in [0.05, 0.1) is 6.10 Å². The molecule has 4 heteroatoms. The fourth-order valence-corrected chi connectivity index (χ4v) is 2.61. The van der Waals surface area contributed by atoms with E-state index in [9.17, 15) is 5.11 Å². The van der Waals surface area contributed by atoms with E-state index in [1.165, 1.54) is 0 Å². The zero-order chi connectivity index (χ0) is 12.8. The van der Waals surface area contributed by atoms with Crippen LogP contribution in [0.25, 0.3) is 0 Å². The van der Waals surface area contributed by atoms with Crippen molar-refractivity contribution >= 4 is 17.6 Å². The minimum absolute atomic E-state index is 0.439. The lowest BCUT2D eigenvalue weighted by molar-refractivity contribution is 0.199. The van der Waals surface area contributed by atoms with Crippen LogP contribution >= 0.6 is 11.8 Å². The van der Waals surface area contributed by atoms with E-state index < -0.39 is 6.10 Å². The second-order valence-electron chi connectivity index (χ2n) is 4.25. The minimum Gasteiger partial charge on any atom is -0.389 e. The average Bonchev–Trinajstić information content (AvgIpc) is 2.35. The van der Waals surface area contributed by atoms with Gasteiger partial charge >= 0.3 is 0 Å². The molecule has 1 N–H and O–H groups in total. The minimum atomic E-state index is -0.439. The van der Waals surface area contributed by atoms with Crippen molar-refractivity contribution in [3.8, 4) is 0 Å². The van der Waals surface area contributed by atoms with Gasteiger partial charge in [-0.1, -0.05) is 6.92 Å². The third kappa shape index (κ3) is 3.89. The molecule has 96 valence electrons. The van der Waals surface area contributed by atoms with E-state index >= 15 is 0 Å². The Kier molecular flexibility index (Phi) is 5.78. The van der Waals surface area contributed by atoms with Gasteiger partial charge < -0.3 is 10.0 Å². The zero-order valence-corrected chi connectivity index (χ0v) is 11.9. The van der Waals surface area contributed by atoms with Gasteiger partial charge in [-0.05, 0) is 37.3 Å². The molecule has 17 heavy (non-hydrogen) atoms. The lowest BCUT2D eigenvalue weighted by Crippen LogP contribution is -2.33. The Hall–Kier alpha value is -0.740. The van der Waals surface area contributed by atoms with Crippen molar-refractivity contribution in [1.82, 2.24) is 4.98 Å². The highest BCUT2D eigenvalue weighted by molar-refractivity contribution is 7.98. The fraction of sp³-hybridized carbons (Fsp3) is 0.615. The molecule has 0 amide bonds. The van der Waals surface area contributed by atoms with E-state index in [1.807, 2.05) is 23.9 Å². The van der Waals surface area contributed by atoms with Crippen LogP contribution in [0.1, 0.15) is 31.9 Å². The van der Waals surface area contributed by atoms with Gasteiger partial charge in [-0.15, -0.1) is 0 Å². The van der Waals surface area contributed by atoms with Crippen molar-refractivity contribution < 1.29 is 5.11 Å². The molecule has 2 atom stereocenters. The topological polar surface area (TPSA) is 36.4 Å². The molecule has 1 heterocycles. The quantitative estimate of drug-likeness (QED) is 0.847. The fourth-order valence-electron chi connectivity index (χ4n) is 1.77. The molecule has 1 rings (SSSR count). The molecular formula is C13H22N2OS. The molecule has 2 unspecified atom stereocenters. The second kappa shape index (κ2) is 6.87. The van der Waals surface area contributed by atoms with Gasteiger partial charge in [0.25, 0.3) is 0 Å². The predicted octanol–water partition coefficient (Wildman–Crippen LogP) is 2.71. The Bertz CT molecular complexity index is 344. The van der Waals surface area contributed by atoms with Gasteiger partial charge in [0.1, 0.15) is 5.82 Å². The van der Waals surface area contributed by atoms with Crippen LogP contribution in [0.4, 0.5) is 5.82 Å². The number of nitrogens with zero attached hydrogens (tertiary/aromatic N) is 2. The third-order valence-electron chi connectivity index (χ3n) is 2.99. The predicted molar refractivity (Wildman–Crippen MR) is 75.7 cm³/mol. The maximum absolute atomic E-state index is 9.58. The van der Waals surface area contributed by atoms with Crippen LogP contribution < -0.4 is 4.90 Å². The summed E-state index contributed by atoms with van der Waals surface area (Å²) in [6, 6.07) is 4.31. The average molecular weight is 254 g/mol. The molecule has 0 aliphatic rings. The highest BCUT2D eigenvalue weighted by atomic mass is 32.2. The van der Waals surface area contributed by atoms with Gasteiger partial charge in [0.2, 0.25) is 0 Å². The van der Waals surface area contributed by atoms with E-state index in [0.29, 0.717) is 6.04 Å². The molecule has 0 aromatic carbocycles. The summed E-state index contributed by atoms with van der Waals surface area (Å²) in [6.45, 7) is 3.97. The molecule has 0 spiro atoms. The van der Waals surface area contributed by atoms with Crippen LogP contribution in [0, 0.1) is 0 Å². The lowest BCUT2D eigenvalue weighted by Gasteiger charge is -2.28. The Morgan fingerprint density at radius 1 is 1.53 bits per heavy atom. The SMILES string of the molecule is CCC(CSC)N(C)c1cc(C(C)O)ccn1. The Morgan fingerprint density at radius 2 is 2.24 bits per heavy atom. The van der Waals surface area contributed by atoms with E-state index in [1.54, 1.807) is 13.1 Å². The number of pyridine rings is 1. The number of thioether (sulfide) groups is 1. The first kappa shape index (κ1) is 14.3. The Morgan fingerprint density at radius 3 is 2.76 bits per heavy atom. The van der Waals surface area contributed by atoms with E-state index in [4.69, 9.17) is 0 Å². The summed E-state index contributed by atoms with van der Waals surface area (Å²) >= 11 is 1.85. The lowest BCUT2D eigenvalue weighted by atomic mass is 10.1. The number of aliphatic hydroxyl groups is 1. The van der Waals surface area contributed by atoms with Crippen LogP contribution in [0.15, 0.2) is 18.3 Å². The van der Waals surface area contributed by atoms with Crippen molar-refractivity contribution in [2.45, 2.75) is 32.4 Å². The van der Waals surface area contributed by atoms with Crippen molar-refractivity contribution in [1.29, 1.82) is 0 Å². The van der Waals surface area contributed by atoms with Gasteiger partial charge in [0.15, 0.2) is 0 Å². The third-order valence-corrected chi connectivity index (χ3v) is 3.71. The normalized spacial score (nSPS) is 14.4. The second-order valence-corrected chi connectivity index (χ2v) is 5.16. The zero-order valence-electron chi connectivity index (χ0n) is 11.1. The Balaban J connectivity index is 2.86. The van der Waals surface area contributed by atoms with Crippen molar-refractivity contribution in [2.75, 3.05) is 24.0 Å². The summed E-state index contributed by atoms with van der Waals surface area (Å²) in [5.41, 5.74) is 0.917. The highest BCUT2D eigenvalue weighted by Crippen LogP contribution is 2.20. The first-order valence-corrected chi connectivity index (χ1v) is 7.35. The van der Waals surface area contributed by atoms with E-state index in [2.05, 4.69) is 30.1 Å². The van der Waals surface area contributed by atoms with Crippen molar-refractivity contribution in [3.63, 3.8) is 0 Å². The van der Waals surface area contributed by atoms with Gasteiger partial charge in [-0.25, -0.2) is 4.98 Å². The summed E-state index contributed by atoms with van der Waals surface area (Å²) in [4.78, 5) is 6.58. The number of aliphatic hydroxyl groups excluding tert-OH is 1. The first-order chi connectivity index (χ1) is 8.10.